The van der Waals surface area contributed by atoms with E-state index in [0.717, 1.165) is 0 Å². The molecule has 24 heavy (non-hydrogen) atoms. The molecule has 4 rings (SSSR count). The van der Waals surface area contributed by atoms with Gasteiger partial charge in [-0.1, -0.05) is 23.2 Å². The summed E-state index contributed by atoms with van der Waals surface area (Å²) in [5.41, 5.74) is 1.82. The van der Waals surface area contributed by atoms with Crippen LogP contribution in [0.4, 0.5) is 8.78 Å². The van der Waals surface area contributed by atoms with E-state index >= 15 is 0 Å². The van der Waals surface area contributed by atoms with Gasteiger partial charge in [0.15, 0.2) is 5.65 Å². The van der Waals surface area contributed by atoms with Gasteiger partial charge in [-0.05, 0) is 18.2 Å². The van der Waals surface area contributed by atoms with Crippen molar-refractivity contribution in [2.24, 2.45) is 0 Å². The molecule has 3 aromatic heterocycles. The molecule has 0 radical (unpaired) electrons. The van der Waals surface area contributed by atoms with Gasteiger partial charge in [-0.15, -0.1) is 0 Å². The van der Waals surface area contributed by atoms with Crippen molar-refractivity contribution in [2.45, 2.75) is 6.55 Å². The quantitative estimate of drug-likeness (QED) is 0.560. The lowest BCUT2D eigenvalue weighted by Gasteiger charge is -2.06. The standard InChI is InChI=1S/C14H7Cl2F2N5O/c15-8-3-9-5(2-10-12(20-9)22-14(24)21-10)1-6(8)7-4-19-23(11(7)16)13(17)18/h1-4,13H,(H2,20,21,22,24). The van der Waals surface area contributed by atoms with E-state index in [1.807, 2.05) is 0 Å². The van der Waals surface area contributed by atoms with Crippen LogP contribution < -0.4 is 5.69 Å². The number of rotatable bonds is 2. The van der Waals surface area contributed by atoms with Crippen molar-refractivity contribution < 1.29 is 8.78 Å². The second-order valence-electron chi connectivity index (χ2n) is 5.06. The number of pyridine rings is 1. The predicted octanol–water partition coefficient (Wildman–Crippen LogP) is 3.97. The first-order valence-electron chi connectivity index (χ1n) is 6.68. The van der Waals surface area contributed by atoms with E-state index in [1.54, 1.807) is 18.2 Å². The maximum absolute atomic E-state index is 12.8. The van der Waals surface area contributed by atoms with Crippen LogP contribution in [0.1, 0.15) is 6.55 Å². The molecule has 3 heterocycles. The number of aromatic amines is 2. The predicted molar refractivity (Wildman–Crippen MR) is 86.7 cm³/mol. The van der Waals surface area contributed by atoms with Crippen LogP contribution in [-0.2, 0) is 0 Å². The van der Waals surface area contributed by atoms with Gasteiger partial charge < -0.3 is 4.98 Å². The van der Waals surface area contributed by atoms with E-state index in [2.05, 4.69) is 20.1 Å². The number of alkyl halides is 2. The highest BCUT2D eigenvalue weighted by Crippen LogP contribution is 2.37. The topological polar surface area (TPSA) is 79.4 Å². The zero-order valence-corrected chi connectivity index (χ0v) is 13.2. The van der Waals surface area contributed by atoms with Gasteiger partial charge in [0.1, 0.15) is 5.15 Å². The summed E-state index contributed by atoms with van der Waals surface area (Å²) >= 11 is 12.2. The summed E-state index contributed by atoms with van der Waals surface area (Å²) in [6.45, 7) is -2.85. The van der Waals surface area contributed by atoms with E-state index < -0.39 is 6.55 Å². The number of imidazole rings is 1. The number of aromatic nitrogens is 5. The van der Waals surface area contributed by atoms with Crippen LogP contribution in [0.15, 0.2) is 29.2 Å². The van der Waals surface area contributed by atoms with Crippen LogP contribution in [0.2, 0.25) is 10.2 Å². The molecule has 0 saturated carbocycles. The minimum atomic E-state index is -2.85. The fraction of sp³-hybridized carbons (Fsp3) is 0.0714. The van der Waals surface area contributed by atoms with Crippen molar-refractivity contribution >= 4 is 45.3 Å². The van der Waals surface area contributed by atoms with Gasteiger partial charge in [0.05, 0.1) is 22.3 Å². The van der Waals surface area contributed by atoms with Crippen molar-refractivity contribution in [1.82, 2.24) is 24.7 Å². The Kier molecular flexibility index (Phi) is 3.33. The summed E-state index contributed by atoms with van der Waals surface area (Å²) in [7, 11) is 0. The largest absolute Gasteiger partial charge is 0.334 e. The lowest BCUT2D eigenvalue weighted by molar-refractivity contribution is 0.0570. The summed E-state index contributed by atoms with van der Waals surface area (Å²) in [5.74, 6) is 0. The summed E-state index contributed by atoms with van der Waals surface area (Å²) in [6, 6.07) is 4.95. The first-order valence-corrected chi connectivity index (χ1v) is 7.43. The second kappa shape index (κ2) is 5.29. The van der Waals surface area contributed by atoms with Crippen LogP contribution >= 0.6 is 23.2 Å². The average Bonchev–Trinajstić information content (AvgIpc) is 3.06. The van der Waals surface area contributed by atoms with Gasteiger partial charge >= 0.3 is 12.2 Å². The van der Waals surface area contributed by atoms with Crippen molar-refractivity contribution in [1.29, 1.82) is 0 Å². The summed E-state index contributed by atoms with van der Waals surface area (Å²) in [4.78, 5) is 20.8. The highest BCUT2D eigenvalue weighted by Gasteiger charge is 2.19. The van der Waals surface area contributed by atoms with Crippen LogP contribution in [0.25, 0.3) is 33.2 Å². The smallest absolute Gasteiger partial charge is 0.304 e. The normalized spacial score (nSPS) is 11.9. The molecule has 0 aliphatic carbocycles. The van der Waals surface area contributed by atoms with Crippen LogP contribution in [0.5, 0.6) is 0 Å². The number of nitrogens with one attached hydrogen (secondary N) is 2. The Morgan fingerprint density at radius 2 is 1.92 bits per heavy atom. The molecule has 0 aliphatic heterocycles. The number of hydrogen-bond donors (Lipinski definition) is 2. The molecular formula is C14H7Cl2F2N5O. The van der Waals surface area contributed by atoms with E-state index in [4.69, 9.17) is 23.2 Å². The third-order valence-electron chi connectivity index (χ3n) is 3.59. The zero-order valence-electron chi connectivity index (χ0n) is 11.6. The molecule has 0 spiro atoms. The van der Waals surface area contributed by atoms with Crippen LogP contribution in [0, 0.1) is 0 Å². The lowest BCUT2D eigenvalue weighted by atomic mass is 10.1. The molecule has 122 valence electrons. The van der Waals surface area contributed by atoms with Crippen molar-refractivity contribution in [3.63, 3.8) is 0 Å². The number of halogens is 4. The number of H-pyrrole nitrogens is 2. The molecule has 10 heteroatoms. The van der Waals surface area contributed by atoms with Gasteiger partial charge in [-0.3, -0.25) is 4.98 Å². The third kappa shape index (κ3) is 2.26. The van der Waals surface area contributed by atoms with E-state index in [9.17, 15) is 13.6 Å². The molecule has 0 aliphatic rings. The fourth-order valence-electron chi connectivity index (χ4n) is 2.52. The van der Waals surface area contributed by atoms with Gasteiger partial charge in [0, 0.05) is 16.5 Å². The first kappa shape index (κ1) is 15.1. The molecule has 4 aromatic rings. The Bertz CT molecular complexity index is 1150. The molecule has 0 atom stereocenters. The Labute approximate surface area is 142 Å². The van der Waals surface area contributed by atoms with E-state index in [1.165, 1.54) is 6.20 Å². The monoisotopic (exact) mass is 369 g/mol. The Morgan fingerprint density at radius 1 is 1.12 bits per heavy atom. The molecule has 2 N–H and O–H groups in total. The lowest BCUT2D eigenvalue weighted by Crippen LogP contribution is -1.99. The highest BCUT2D eigenvalue weighted by atomic mass is 35.5. The molecule has 0 bridgehead atoms. The SMILES string of the molecule is O=c1[nH]c2cc3cc(-c4cnn(C(F)F)c4Cl)c(Cl)cc3nc2[nH]1. The number of hydrogen-bond acceptors (Lipinski definition) is 3. The van der Waals surface area contributed by atoms with Gasteiger partial charge in [-0.25, -0.2) is 9.78 Å². The Hall–Kier alpha value is -2.45. The molecular weight excluding hydrogens is 363 g/mol. The van der Waals surface area contributed by atoms with Crippen LogP contribution in [-0.4, -0.2) is 24.7 Å². The van der Waals surface area contributed by atoms with Gasteiger partial charge in [-0.2, -0.15) is 18.6 Å². The molecule has 1 aromatic carbocycles. The summed E-state index contributed by atoms with van der Waals surface area (Å²) in [5, 5.41) is 4.31. The third-order valence-corrected chi connectivity index (χ3v) is 4.28. The molecule has 0 fully saturated rings. The molecule has 6 nitrogen and oxygen atoms in total. The minimum absolute atomic E-state index is 0.213. The number of nitrogens with zero attached hydrogens (tertiary/aromatic N) is 3. The Morgan fingerprint density at radius 3 is 2.62 bits per heavy atom. The zero-order chi connectivity index (χ0) is 17.0. The minimum Gasteiger partial charge on any atom is -0.304 e. The van der Waals surface area contributed by atoms with Gasteiger partial charge in [0.25, 0.3) is 0 Å². The van der Waals surface area contributed by atoms with Crippen molar-refractivity contribution in [3.05, 3.63) is 45.1 Å². The second-order valence-corrected chi connectivity index (χ2v) is 5.82. The summed E-state index contributed by atoms with van der Waals surface area (Å²) < 4.78 is 26.1. The van der Waals surface area contributed by atoms with Crippen molar-refractivity contribution in [2.75, 3.05) is 0 Å². The average molecular weight is 370 g/mol. The molecule has 0 unspecified atom stereocenters. The maximum atomic E-state index is 12.8. The van der Waals surface area contributed by atoms with E-state index in [0.29, 0.717) is 32.3 Å². The Balaban J connectivity index is 1.97. The first-order chi connectivity index (χ1) is 11.4. The van der Waals surface area contributed by atoms with Crippen molar-refractivity contribution in [3.8, 4) is 11.1 Å². The maximum Gasteiger partial charge on any atom is 0.334 e. The fourth-order valence-corrected chi connectivity index (χ4v) is 3.05. The molecule has 0 saturated heterocycles. The van der Waals surface area contributed by atoms with Gasteiger partial charge in [0.2, 0.25) is 0 Å². The van der Waals surface area contributed by atoms with E-state index in [-0.39, 0.29) is 21.4 Å². The summed E-state index contributed by atoms with van der Waals surface area (Å²) in [6.07, 6.45) is 1.23. The van der Waals surface area contributed by atoms with Crippen LogP contribution in [0.3, 0.4) is 0 Å². The number of fused-ring (bicyclic) bond motifs is 2. The molecule has 0 amide bonds. The highest BCUT2D eigenvalue weighted by molar-refractivity contribution is 6.36. The number of benzene rings is 1.